The van der Waals surface area contributed by atoms with E-state index in [1.165, 1.54) is 11.6 Å². The number of halogens is 1. The summed E-state index contributed by atoms with van der Waals surface area (Å²) in [4.78, 5) is 40.1. The zero-order chi connectivity index (χ0) is 22.5. The Kier molecular flexibility index (Phi) is 7.29. The van der Waals surface area contributed by atoms with Gasteiger partial charge in [0.25, 0.3) is 5.56 Å². The molecular formula is C21H27ClN6O3. The van der Waals surface area contributed by atoms with Crippen LogP contribution in [0.1, 0.15) is 26.8 Å². The predicted octanol–water partition coefficient (Wildman–Crippen LogP) is 2.20. The van der Waals surface area contributed by atoms with E-state index in [1.54, 1.807) is 30.5 Å². The van der Waals surface area contributed by atoms with E-state index < -0.39 is 0 Å². The van der Waals surface area contributed by atoms with Crippen LogP contribution in [0.5, 0.6) is 0 Å². The van der Waals surface area contributed by atoms with Gasteiger partial charge in [0, 0.05) is 44.5 Å². The van der Waals surface area contributed by atoms with Crippen LogP contribution in [0.15, 0.2) is 35.3 Å². The summed E-state index contributed by atoms with van der Waals surface area (Å²) in [6.07, 6.45) is 1.63. The molecule has 0 bridgehead atoms. The van der Waals surface area contributed by atoms with Gasteiger partial charge in [0.2, 0.25) is 11.8 Å². The van der Waals surface area contributed by atoms with Crippen molar-refractivity contribution in [3.05, 3.63) is 45.8 Å². The van der Waals surface area contributed by atoms with Crippen LogP contribution in [0.2, 0.25) is 5.02 Å². The number of hydrogen-bond acceptors (Lipinski definition) is 6. The smallest absolute Gasteiger partial charge is 0.287 e. The van der Waals surface area contributed by atoms with Gasteiger partial charge in [-0.2, -0.15) is 5.10 Å². The first-order valence-corrected chi connectivity index (χ1v) is 10.5. The molecule has 31 heavy (non-hydrogen) atoms. The molecular weight excluding hydrogens is 420 g/mol. The van der Waals surface area contributed by atoms with E-state index in [-0.39, 0.29) is 35.0 Å². The summed E-state index contributed by atoms with van der Waals surface area (Å²) >= 11 is 6.31. The highest BCUT2D eigenvalue weighted by Crippen LogP contribution is 2.23. The lowest BCUT2D eigenvalue weighted by atomic mass is 10.2. The first kappa shape index (κ1) is 22.8. The molecule has 9 nitrogen and oxygen atoms in total. The summed E-state index contributed by atoms with van der Waals surface area (Å²) in [5.41, 5.74) is 1.59. The lowest BCUT2D eigenvalue weighted by Crippen LogP contribution is -2.49. The molecule has 1 fully saturated rings. The topological polar surface area (TPSA) is 99.6 Å². The normalized spacial score (nSPS) is 14.5. The van der Waals surface area contributed by atoms with E-state index >= 15 is 0 Å². The van der Waals surface area contributed by atoms with Crippen LogP contribution in [0.3, 0.4) is 0 Å². The van der Waals surface area contributed by atoms with E-state index in [1.807, 2.05) is 23.6 Å². The number of carbonyl (C=O) groups is 2. The molecule has 10 heteroatoms. The standard InChI is InChI=1S/C21H27ClN6O3/c1-14(2)28-21(31)20(22)18(12-23-28)27-9-7-26(8-10-27)13-19(30)25-17-6-4-5-16(11-17)24-15(3)29/h4-6,11-12,14H,7-10,13H2,1-3H3,(H,24,29)(H,25,30). The van der Waals surface area contributed by atoms with E-state index in [9.17, 15) is 14.4 Å². The quantitative estimate of drug-likeness (QED) is 0.705. The molecule has 0 aliphatic carbocycles. The number of carbonyl (C=O) groups excluding carboxylic acids is 2. The molecule has 2 aromatic rings. The van der Waals surface area contributed by atoms with Crippen LogP contribution in [0.4, 0.5) is 17.1 Å². The number of amides is 2. The van der Waals surface area contributed by atoms with E-state index in [4.69, 9.17) is 11.6 Å². The van der Waals surface area contributed by atoms with Gasteiger partial charge in [0.1, 0.15) is 5.02 Å². The molecule has 1 aromatic heterocycles. The highest BCUT2D eigenvalue weighted by Gasteiger charge is 2.23. The third-order valence-corrected chi connectivity index (χ3v) is 5.32. The van der Waals surface area contributed by atoms with Gasteiger partial charge >= 0.3 is 0 Å². The van der Waals surface area contributed by atoms with E-state index in [0.717, 1.165) is 0 Å². The molecule has 1 saturated heterocycles. The Labute approximate surface area is 186 Å². The SMILES string of the molecule is CC(=O)Nc1cccc(NC(=O)CN2CCN(c3cnn(C(C)C)c(=O)c3Cl)CC2)c1. The maximum absolute atomic E-state index is 12.4. The number of anilines is 3. The third kappa shape index (κ3) is 5.83. The third-order valence-electron chi connectivity index (χ3n) is 4.96. The maximum atomic E-state index is 12.4. The zero-order valence-corrected chi connectivity index (χ0v) is 18.6. The van der Waals surface area contributed by atoms with Crippen molar-refractivity contribution in [1.29, 1.82) is 0 Å². The summed E-state index contributed by atoms with van der Waals surface area (Å²) in [5.74, 6) is -0.300. The molecule has 0 unspecified atom stereocenters. The van der Waals surface area contributed by atoms with E-state index in [0.29, 0.717) is 43.2 Å². The minimum absolute atomic E-state index is 0.0617. The molecule has 0 atom stereocenters. The Hall–Kier alpha value is -2.91. The molecule has 1 aliphatic heterocycles. The van der Waals surface area contributed by atoms with Crippen LogP contribution in [0.25, 0.3) is 0 Å². The second-order valence-electron chi connectivity index (χ2n) is 7.76. The Balaban J connectivity index is 1.55. The van der Waals surface area contributed by atoms with Crippen LogP contribution in [0, 0.1) is 0 Å². The van der Waals surface area contributed by atoms with Crippen LogP contribution >= 0.6 is 11.6 Å². The molecule has 1 aliphatic rings. The van der Waals surface area contributed by atoms with Crippen molar-refractivity contribution >= 4 is 40.5 Å². The van der Waals surface area contributed by atoms with Crippen molar-refractivity contribution in [2.45, 2.75) is 26.8 Å². The average molecular weight is 447 g/mol. The van der Waals surface area contributed by atoms with Gasteiger partial charge in [0.15, 0.2) is 0 Å². The second kappa shape index (κ2) is 9.93. The first-order chi connectivity index (χ1) is 14.7. The van der Waals surface area contributed by atoms with Gasteiger partial charge in [-0.15, -0.1) is 0 Å². The summed E-state index contributed by atoms with van der Waals surface area (Å²) in [6, 6.07) is 6.95. The Morgan fingerprint density at radius 1 is 1.13 bits per heavy atom. The first-order valence-electron chi connectivity index (χ1n) is 10.2. The zero-order valence-electron chi connectivity index (χ0n) is 17.9. The number of piperazine rings is 1. The second-order valence-corrected chi connectivity index (χ2v) is 8.14. The van der Waals surface area contributed by atoms with Crippen LogP contribution in [-0.4, -0.2) is 59.2 Å². The molecule has 166 valence electrons. The number of nitrogens with one attached hydrogen (secondary N) is 2. The van der Waals surface area contributed by atoms with Crippen molar-refractivity contribution in [2.75, 3.05) is 48.3 Å². The summed E-state index contributed by atoms with van der Waals surface area (Å²) in [7, 11) is 0. The van der Waals surface area contributed by atoms with Crippen LogP contribution < -0.4 is 21.1 Å². The fourth-order valence-electron chi connectivity index (χ4n) is 3.45. The van der Waals surface area contributed by atoms with Crippen molar-refractivity contribution in [2.24, 2.45) is 0 Å². The highest BCUT2D eigenvalue weighted by molar-refractivity contribution is 6.33. The molecule has 0 spiro atoms. The molecule has 2 amide bonds. The molecule has 2 heterocycles. The minimum atomic E-state index is -0.294. The Bertz CT molecular complexity index is 1010. The largest absolute Gasteiger partial charge is 0.366 e. The fraction of sp³-hybridized carbons (Fsp3) is 0.429. The number of benzene rings is 1. The lowest BCUT2D eigenvalue weighted by Gasteiger charge is -2.35. The van der Waals surface area contributed by atoms with Crippen LogP contribution in [-0.2, 0) is 9.59 Å². The average Bonchev–Trinajstić information content (AvgIpc) is 2.70. The monoisotopic (exact) mass is 446 g/mol. The highest BCUT2D eigenvalue weighted by atomic mass is 35.5. The minimum Gasteiger partial charge on any atom is -0.366 e. The fourth-order valence-corrected chi connectivity index (χ4v) is 3.71. The molecule has 1 aromatic carbocycles. The van der Waals surface area contributed by atoms with Gasteiger partial charge in [-0.25, -0.2) is 4.68 Å². The Morgan fingerprint density at radius 3 is 2.39 bits per heavy atom. The van der Waals surface area contributed by atoms with Crippen molar-refractivity contribution in [1.82, 2.24) is 14.7 Å². The Morgan fingerprint density at radius 2 is 1.77 bits per heavy atom. The van der Waals surface area contributed by atoms with Gasteiger partial charge < -0.3 is 15.5 Å². The molecule has 3 rings (SSSR count). The van der Waals surface area contributed by atoms with Crippen molar-refractivity contribution in [3.63, 3.8) is 0 Å². The molecule has 0 saturated carbocycles. The van der Waals surface area contributed by atoms with Gasteiger partial charge in [0.05, 0.1) is 24.5 Å². The number of nitrogens with zero attached hydrogens (tertiary/aromatic N) is 4. The summed E-state index contributed by atoms with van der Waals surface area (Å²) in [6.45, 7) is 8.03. The van der Waals surface area contributed by atoms with Crippen molar-refractivity contribution in [3.8, 4) is 0 Å². The predicted molar refractivity (Wildman–Crippen MR) is 122 cm³/mol. The van der Waals surface area contributed by atoms with Gasteiger partial charge in [-0.3, -0.25) is 19.3 Å². The summed E-state index contributed by atoms with van der Waals surface area (Å²) in [5, 5.41) is 9.95. The molecule has 0 radical (unpaired) electrons. The van der Waals surface area contributed by atoms with E-state index in [2.05, 4.69) is 15.7 Å². The van der Waals surface area contributed by atoms with Gasteiger partial charge in [-0.1, -0.05) is 17.7 Å². The van der Waals surface area contributed by atoms with Crippen molar-refractivity contribution < 1.29 is 9.59 Å². The molecule has 2 N–H and O–H groups in total. The number of hydrogen-bond donors (Lipinski definition) is 2. The van der Waals surface area contributed by atoms with Gasteiger partial charge in [-0.05, 0) is 32.0 Å². The maximum Gasteiger partial charge on any atom is 0.287 e. The lowest BCUT2D eigenvalue weighted by molar-refractivity contribution is -0.117. The number of aromatic nitrogens is 2. The summed E-state index contributed by atoms with van der Waals surface area (Å²) < 4.78 is 1.37. The number of rotatable bonds is 6.